The first-order chi connectivity index (χ1) is 3.81. The van der Waals surface area contributed by atoms with Gasteiger partial charge < -0.3 is 5.73 Å². The van der Waals surface area contributed by atoms with Crippen molar-refractivity contribution in [3.63, 3.8) is 0 Å². The summed E-state index contributed by atoms with van der Waals surface area (Å²) in [6.07, 6.45) is 4.17. The van der Waals surface area contributed by atoms with Crippen LogP contribution >= 0.6 is 0 Å². The van der Waals surface area contributed by atoms with Crippen molar-refractivity contribution in [1.82, 2.24) is 0 Å². The fraction of sp³-hybridized carbons (Fsp3) is 0.500. The number of carbonyl (C=O) groups excluding carboxylic acids is 1. The second-order valence-electron chi connectivity index (χ2n) is 1.58. The van der Waals surface area contributed by atoms with E-state index in [1.54, 1.807) is 0 Å². The summed E-state index contributed by atoms with van der Waals surface area (Å²) in [6.45, 7) is 1.96. The molecule has 46 valence electrons. The summed E-state index contributed by atoms with van der Waals surface area (Å²) in [6, 6.07) is 0. The van der Waals surface area contributed by atoms with E-state index in [4.69, 9.17) is 5.73 Å². The summed E-state index contributed by atoms with van der Waals surface area (Å²) < 4.78 is 0. The number of hydrogen-bond acceptors (Lipinski definition) is 2. The van der Waals surface area contributed by atoms with Gasteiger partial charge in [-0.2, -0.15) is 0 Å². The Bertz CT molecular complexity index is 96.7. The van der Waals surface area contributed by atoms with Crippen molar-refractivity contribution in [3.8, 4) is 0 Å². The quantitative estimate of drug-likeness (QED) is 0.551. The Morgan fingerprint density at radius 3 is 2.75 bits per heavy atom. The third kappa shape index (κ3) is 3.40. The molecule has 0 aliphatic heterocycles. The Hall–Kier alpha value is -0.790. The van der Waals surface area contributed by atoms with Crippen LogP contribution in [0.15, 0.2) is 12.3 Å². The number of hydrogen-bond donors (Lipinski definition) is 1. The van der Waals surface area contributed by atoms with E-state index in [9.17, 15) is 4.79 Å². The maximum atomic E-state index is 10.5. The van der Waals surface area contributed by atoms with Crippen molar-refractivity contribution in [2.75, 3.05) is 0 Å². The van der Waals surface area contributed by atoms with Gasteiger partial charge in [-0.05, 0) is 18.7 Å². The van der Waals surface area contributed by atoms with E-state index in [0.29, 0.717) is 6.42 Å². The molecule has 0 bridgehead atoms. The Balaban J connectivity index is 3.33. The van der Waals surface area contributed by atoms with Crippen LogP contribution in [0.4, 0.5) is 0 Å². The lowest BCUT2D eigenvalue weighted by Crippen LogP contribution is -1.91. The van der Waals surface area contributed by atoms with Crippen molar-refractivity contribution in [1.29, 1.82) is 0 Å². The predicted molar refractivity (Wildman–Crippen MR) is 33.2 cm³/mol. The first-order valence-electron chi connectivity index (χ1n) is 2.72. The monoisotopic (exact) mass is 113 g/mol. The van der Waals surface area contributed by atoms with Crippen LogP contribution < -0.4 is 5.73 Å². The van der Waals surface area contributed by atoms with Crippen LogP contribution in [-0.2, 0) is 4.79 Å². The van der Waals surface area contributed by atoms with E-state index >= 15 is 0 Å². The number of allylic oxidation sites excluding steroid dienone is 1. The van der Waals surface area contributed by atoms with Gasteiger partial charge in [0.1, 0.15) is 0 Å². The molecule has 0 aromatic heterocycles. The summed E-state index contributed by atoms with van der Waals surface area (Å²) in [5.74, 6) is 0.106. The molecule has 0 heterocycles. The highest BCUT2D eigenvalue weighted by Gasteiger charge is 1.89. The third-order valence-electron chi connectivity index (χ3n) is 0.779. The van der Waals surface area contributed by atoms with Crippen molar-refractivity contribution in [3.05, 3.63) is 12.3 Å². The molecule has 0 aliphatic carbocycles. The van der Waals surface area contributed by atoms with E-state index in [1.807, 2.05) is 6.92 Å². The van der Waals surface area contributed by atoms with Crippen molar-refractivity contribution in [2.24, 2.45) is 5.73 Å². The van der Waals surface area contributed by atoms with E-state index in [-0.39, 0.29) is 5.78 Å². The molecule has 2 N–H and O–H groups in total. The maximum Gasteiger partial charge on any atom is 0.157 e. The largest absolute Gasteiger partial charge is 0.404 e. The van der Waals surface area contributed by atoms with Crippen LogP contribution in [0.5, 0.6) is 0 Å². The van der Waals surface area contributed by atoms with Gasteiger partial charge in [-0.3, -0.25) is 4.79 Å². The van der Waals surface area contributed by atoms with Crippen LogP contribution in [-0.4, -0.2) is 5.78 Å². The molecule has 0 radical (unpaired) electrons. The van der Waals surface area contributed by atoms with Gasteiger partial charge in [-0.25, -0.2) is 0 Å². The summed E-state index contributed by atoms with van der Waals surface area (Å²) in [5, 5.41) is 0. The summed E-state index contributed by atoms with van der Waals surface area (Å²) >= 11 is 0. The van der Waals surface area contributed by atoms with E-state index in [1.165, 1.54) is 12.3 Å². The Kier molecular flexibility index (Phi) is 3.94. The lowest BCUT2D eigenvalue weighted by molar-refractivity contribution is -0.114. The molecule has 2 nitrogen and oxygen atoms in total. The predicted octanol–water partition coefficient (Wildman–Crippen LogP) is 0.828. The molecule has 0 rings (SSSR count). The van der Waals surface area contributed by atoms with Crippen LogP contribution in [0, 0.1) is 0 Å². The van der Waals surface area contributed by atoms with Gasteiger partial charge in [0.05, 0.1) is 0 Å². The molecule has 0 spiro atoms. The second-order valence-corrected chi connectivity index (χ2v) is 1.58. The van der Waals surface area contributed by atoms with Gasteiger partial charge in [0.15, 0.2) is 5.78 Å². The van der Waals surface area contributed by atoms with Crippen LogP contribution in [0.1, 0.15) is 19.8 Å². The zero-order valence-corrected chi connectivity index (χ0v) is 5.05. The normalized spacial score (nSPS) is 10.1. The molecule has 0 saturated carbocycles. The summed E-state index contributed by atoms with van der Waals surface area (Å²) in [4.78, 5) is 10.5. The molecule has 0 amide bonds. The van der Waals surface area contributed by atoms with Gasteiger partial charge in [0.25, 0.3) is 0 Å². The Morgan fingerprint density at radius 2 is 2.38 bits per heavy atom. The lowest BCUT2D eigenvalue weighted by Gasteiger charge is -1.84. The molecular weight excluding hydrogens is 102 g/mol. The molecule has 0 aromatic carbocycles. The van der Waals surface area contributed by atoms with Crippen molar-refractivity contribution < 1.29 is 4.79 Å². The molecule has 0 saturated heterocycles. The van der Waals surface area contributed by atoms with E-state index < -0.39 is 0 Å². The third-order valence-corrected chi connectivity index (χ3v) is 0.779. The van der Waals surface area contributed by atoms with Gasteiger partial charge in [0.2, 0.25) is 0 Å². The number of rotatable bonds is 3. The summed E-state index contributed by atoms with van der Waals surface area (Å²) in [5.41, 5.74) is 4.96. The van der Waals surface area contributed by atoms with Crippen LogP contribution in [0.3, 0.4) is 0 Å². The van der Waals surface area contributed by atoms with Crippen LogP contribution in [0.25, 0.3) is 0 Å². The van der Waals surface area contributed by atoms with E-state index in [2.05, 4.69) is 0 Å². The average molecular weight is 113 g/mol. The fourth-order valence-electron chi connectivity index (χ4n) is 0.437. The SMILES string of the molecule is CCCC(=O)C=CN. The Labute approximate surface area is 49.4 Å². The minimum atomic E-state index is 0.106. The highest BCUT2D eigenvalue weighted by Crippen LogP contribution is 1.88. The highest BCUT2D eigenvalue weighted by molar-refractivity contribution is 5.89. The first kappa shape index (κ1) is 7.21. The molecular formula is C6H11NO. The topological polar surface area (TPSA) is 43.1 Å². The molecule has 0 atom stereocenters. The number of nitrogens with two attached hydrogens (primary N) is 1. The minimum absolute atomic E-state index is 0.106. The lowest BCUT2D eigenvalue weighted by atomic mass is 10.2. The standard InChI is InChI=1S/C6H11NO/c1-2-3-6(8)4-5-7/h4-5H,2-3,7H2,1H3. The zero-order chi connectivity index (χ0) is 6.41. The maximum absolute atomic E-state index is 10.5. The average Bonchev–Trinajstić information content (AvgIpc) is 1.68. The zero-order valence-electron chi connectivity index (χ0n) is 5.05. The van der Waals surface area contributed by atoms with Crippen LogP contribution in [0.2, 0.25) is 0 Å². The van der Waals surface area contributed by atoms with Gasteiger partial charge in [0, 0.05) is 6.42 Å². The molecule has 8 heavy (non-hydrogen) atoms. The summed E-state index contributed by atoms with van der Waals surface area (Å²) in [7, 11) is 0. The van der Waals surface area contributed by atoms with Crippen molar-refractivity contribution in [2.45, 2.75) is 19.8 Å². The van der Waals surface area contributed by atoms with Gasteiger partial charge >= 0.3 is 0 Å². The van der Waals surface area contributed by atoms with Crippen molar-refractivity contribution >= 4 is 5.78 Å². The smallest absolute Gasteiger partial charge is 0.157 e. The number of ketones is 1. The van der Waals surface area contributed by atoms with E-state index in [0.717, 1.165) is 6.42 Å². The number of carbonyl (C=O) groups is 1. The highest BCUT2D eigenvalue weighted by atomic mass is 16.1. The fourth-order valence-corrected chi connectivity index (χ4v) is 0.437. The first-order valence-corrected chi connectivity index (χ1v) is 2.72. The second kappa shape index (κ2) is 4.37. The minimum Gasteiger partial charge on any atom is -0.404 e. The molecule has 0 aromatic rings. The molecule has 2 heteroatoms. The Morgan fingerprint density at radius 1 is 1.75 bits per heavy atom. The molecule has 0 aliphatic rings. The van der Waals surface area contributed by atoms with Gasteiger partial charge in [-0.15, -0.1) is 0 Å². The molecule has 0 fully saturated rings. The molecule has 0 unspecified atom stereocenters. The van der Waals surface area contributed by atoms with Gasteiger partial charge in [-0.1, -0.05) is 6.92 Å².